The highest BCUT2D eigenvalue weighted by Gasteiger charge is 2.35. The summed E-state index contributed by atoms with van der Waals surface area (Å²) in [4.78, 5) is 34.5. The number of thiazole rings is 1. The molecule has 3 aliphatic rings. The number of hydrogen-bond donors (Lipinski definition) is 3. The Kier molecular flexibility index (Phi) is 9.25. The van der Waals surface area contributed by atoms with E-state index in [-0.39, 0.29) is 24.4 Å². The summed E-state index contributed by atoms with van der Waals surface area (Å²) >= 11 is 1.55. The molecule has 44 heavy (non-hydrogen) atoms. The van der Waals surface area contributed by atoms with Gasteiger partial charge in [0.1, 0.15) is 22.4 Å². The van der Waals surface area contributed by atoms with Crippen LogP contribution in [0.1, 0.15) is 87.1 Å². The van der Waals surface area contributed by atoms with E-state index >= 15 is 0 Å². The molecule has 0 aliphatic carbocycles. The molecule has 3 N–H and O–H groups in total. The van der Waals surface area contributed by atoms with Crippen LogP contribution in [-0.4, -0.2) is 64.7 Å². The maximum absolute atomic E-state index is 14.1. The standard InChI is InChI=1S/C33H38F2N4O4S/c1-19-18-44-32(37-19)28-8-5-10-39(28)33(42)21-15-25(24-6-2-3-11-43-29(24)16-21)31(41)38-27(30(40)26-7-4-9-36-26)14-20-12-22(34)17-23(35)13-20/h12-13,15-18,26-28,30,36,40H,2-11,14H2,1H3,(H,38,41)/t26-,27+,28-,30-/m1/s1. The highest BCUT2D eigenvalue weighted by molar-refractivity contribution is 7.09. The normalized spacial score (nSPS) is 21.3. The molecule has 11 heteroatoms. The van der Waals surface area contributed by atoms with Crippen molar-refractivity contribution in [3.63, 3.8) is 0 Å². The zero-order valence-corrected chi connectivity index (χ0v) is 25.6. The molecular formula is C33H38F2N4O4S. The van der Waals surface area contributed by atoms with E-state index in [9.17, 15) is 23.5 Å². The van der Waals surface area contributed by atoms with Crippen molar-refractivity contribution in [3.8, 4) is 5.75 Å². The number of aliphatic hydroxyl groups is 1. The van der Waals surface area contributed by atoms with Gasteiger partial charge in [0.2, 0.25) is 0 Å². The summed E-state index contributed by atoms with van der Waals surface area (Å²) in [6.07, 6.45) is 4.54. The number of amides is 2. The lowest BCUT2D eigenvalue weighted by atomic mass is 9.93. The maximum atomic E-state index is 14.1. The summed E-state index contributed by atoms with van der Waals surface area (Å²) in [5.41, 5.74) is 2.64. The second-order valence-electron chi connectivity index (χ2n) is 12.0. The van der Waals surface area contributed by atoms with Crippen LogP contribution in [0.3, 0.4) is 0 Å². The number of nitrogens with zero attached hydrogens (tertiary/aromatic N) is 2. The van der Waals surface area contributed by atoms with E-state index in [4.69, 9.17) is 4.74 Å². The molecular weight excluding hydrogens is 586 g/mol. The first-order valence-electron chi connectivity index (χ1n) is 15.5. The van der Waals surface area contributed by atoms with E-state index in [2.05, 4.69) is 15.6 Å². The highest BCUT2D eigenvalue weighted by atomic mass is 32.1. The minimum absolute atomic E-state index is 0.0275. The number of aryl methyl sites for hydroxylation is 1. The van der Waals surface area contributed by atoms with Crippen LogP contribution in [0.2, 0.25) is 0 Å². The van der Waals surface area contributed by atoms with Crippen LogP contribution in [0.4, 0.5) is 8.78 Å². The van der Waals surface area contributed by atoms with Gasteiger partial charge in [0, 0.05) is 46.4 Å². The van der Waals surface area contributed by atoms with Gasteiger partial charge in [0.05, 0.1) is 24.8 Å². The number of halogens is 2. The molecule has 3 aliphatic heterocycles. The Labute approximate surface area is 259 Å². The fraction of sp³-hybridized carbons (Fsp3) is 0.485. The SMILES string of the molecule is Cc1csc([C@H]2CCCN2C(=O)c2cc3c(c(C(=O)N[C@@H](Cc4cc(F)cc(F)c4)[C@H](O)[C@H]4CCCN4)c2)CCCCO3)n1. The van der Waals surface area contributed by atoms with E-state index in [0.717, 1.165) is 55.4 Å². The summed E-state index contributed by atoms with van der Waals surface area (Å²) in [5, 5.41) is 20.5. The largest absolute Gasteiger partial charge is 0.493 e. The first kappa shape index (κ1) is 30.6. The molecule has 0 radical (unpaired) electrons. The van der Waals surface area contributed by atoms with Gasteiger partial charge >= 0.3 is 0 Å². The van der Waals surface area contributed by atoms with Crippen molar-refractivity contribution >= 4 is 23.2 Å². The van der Waals surface area contributed by atoms with Crippen molar-refractivity contribution in [2.45, 2.75) is 82.5 Å². The van der Waals surface area contributed by atoms with Crippen molar-refractivity contribution in [3.05, 3.63) is 80.3 Å². The molecule has 4 atom stereocenters. The number of ether oxygens (including phenoxy) is 1. The van der Waals surface area contributed by atoms with Crippen LogP contribution in [-0.2, 0) is 12.8 Å². The second kappa shape index (κ2) is 13.3. The summed E-state index contributed by atoms with van der Waals surface area (Å²) < 4.78 is 34.2. The highest BCUT2D eigenvalue weighted by Crippen LogP contribution is 2.36. The molecule has 8 nitrogen and oxygen atoms in total. The molecule has 4 heterocycles. The van der Waals surface area contributed by atoms with Gasteiger partial charge in [-0.1, -0.05) is 0 Å². The van der Waals surface area contributed by atoms with Crippen LogP contribution in [0.5, 0.6) is 5.75 Å². The zero-order chi connectivity index (χ0) is 30.8. The first-order chi connectivity index (χ1) is 21.3. The van der Waals surface area contributed by atoms with Gasteiger partial charge in [-0.05, 0) is 94.7 Å². The molecule has 6 rings (SSSR count). The predicted molar refractivity (Wildman–Crippen MR) is 163 cm³/mol. The number of rotatable bonds is 8. The molecule has 234 valence electrons. The Morgan fingerprint density at radius 2 is 1.95 bits per heavy atom. The van der Waals surface area contributed by atoms with Crippen LogP contribution in [0.15, 0.2) is 35.7 Å². The van der Waals surface area contributed by atoms with E-state index in [1.54, 1.807) is 23.5 Å². The third kappa shape index (κ3) is 6.64. The van der Waals surface area contributed by atoms with Gasteiger partial charge in [-0.2, -0.15) is 0 Å². The summed E-state index contributed by atoms with van der Waals surface area (Å²) in [7, 11) is 0. The number of carbonyl (C=O) groups excluding carboxylic acids is 2. The van der Waals surface area contributed by atoms with E-state index in [0.29, 0.717) is 54.0 Å². The number of aromatic nitrogens is 1. The Morgan fingerprint density at radius 1 is 1.14 bits per heavy atom. The van der Waals surface area contributed by atoms with Gasteiger partial charge in [0.25, 0.3) is 11.8 Å². The summed E-state index contributed by atoms with van der Waals surface area (Å²) in [6.45, 7) is 3.75. The van der Waals surface area contributed by atoms with Crippen LogP contribution < -0.4 is 15.4 Å². The third-order valence-corrected chi connectivity index (χ3v) is 9.90. The monoisotopic (exact) mass is 624 g/mol. The summed E-state index contributed by atoms with van der Waals surface area (Å²) in [5.74, 6) is -1.58. The van der Waals surface area contributed by atoms with Crippen molar-refractivity contribution in [1.82, 2.24) is 20.5 Å². The number of hydrogen-bond acceptors (Lipinski definition) is 7. The molecule has 0 unspecified atom stereocenters. The molecule has 2 fully saturated rings. The van der Waals surface area contributed by atoms with Crippen LogP contribution in [0.25, 0.3) is 0 Å². The lowest BCUT2D eigenvalue weighted by molar-refractivity contribution is 0.0732. The lowest BCUT2D eigenvalue weighted by Crippen LogP contribution is -2.52. The number of nitrogens with one attached hydrogen (secondary N) is 2. The zero-order valence-electron chi connectivity index (χ0n) is 24.8. The first-order valence-corrected chi connectivity index (χ1v) is 16.3. The van der Waals surface area contributed by atoms with Crippen LogP contribution >= 0.6 is 11.3 Å². The van der Waals surface area contributed by atoms with Gasteiger partial charge in [-0.15, -0.1) is 11.3 Å². The molecule has 3 aromatic rings. The molecule has 0 bridgehead atoms. The van der Waals surface area contributed by atoms with Crippen molar-refractivity contribution in [2.75, 3.05) is 19.7 Å². The summed E-state index contributed by atoms with van der Waals surface area (Å²) in [6, 6.07) is 5.37. The van der Waals surface area contributed by atoms with Gasteiger partial charge < -0.3 is 25.4 Å². The Bertz CT molecular complexity index is 1510. The molecule has 1 aromatic heterocycles. The quantitative estimate of drug-likeness (QED) is 0.330. The van der Waals surface area contributed by atoms with Gasteiger partial charge in [-0.3, -0.25) is 9.59 Å². The smallest absolute Gasteiger partial charge is 0.254 e. The number of carbonyl (C=O) groups is 2. The minimum Gasteiger partial charge on any atom is -0.493 e. The van der Waals surface area contributed by atoms with Gasteiger partial charge in [-0.25, -0.2) is 13.8 Å². The lowest BCUT2D eigenvalue weighted by Gasteiger charge is -2.29. The fourth-order valence-electron chi connectivity index (χ4n) is 6.67. The number of fused-ring (bicyclic) bond motifs is 1. The van der Waals surface area contributed by atoms with E-state index in [1.165, 1.54) is 12.1 Å². The Hall–Kier alpha value is -3.41. The topological polar surface area (TPSA) is 104 Å². The van der Waals surface area contributed by atoms with Crippen molar-refractivity contribution in [1.29, 1.82) is 0 Å². The molecule has 2 saturated heterocycles. The number of benzene rings is 2. The predicted octanol–water partition coefficient (Wildman–Crippen LogP) is 4.88. The molecule has 0 spiro atoms. The third-order valence-electron chi connectivity index (χ3n) is 8.83. The Morgan fingerprint density at radius 3 is 2.68 bits per heavy atom. The minimum atomic E-state index is -1.00. The van der Waals surface area contributed by atoms with Crippen LogP contribution in [0, 0.1) is 18.6 Å². The van der Waals surface area contributed by atoms with Crippen molar-refractivity contribution in [2.24, 2.45) is 0 Å². The average molecular weight is 625 g/mol. The van der Waals surface area contributed by atoms with E-state index in [1.807, 2.05) is 17.2 Å². The van der Waals surface area contributed by atoms with Crippen molar-refractivity contribution < 1.29 is 28.2 Å². The molecule has 2 amide bonds. The van der Waals surface area contributed by atoms with E-state index < -0.39 is 29.7 Å². The maximum Gasteiger partial charge on any atom is 0.254 e. The van der Waals surface area contributed by atoms with Gasteiger partial charge in [0.15, 0.2) is 0 Å². The fourth-order valence-corrected chi connectivity index (χ4v) is 7.61. The Balaban J connectivity index is 1.32. The molecule has 0 saturated carbocycles. The molecule has 2 aromatic carbocycles. The second-order valence-corrected chi connectivity index (χ2v) is 12.9. The number of likely N-dealkylation sites (tertiary alicyclic amines) is 1. The average Bonchev–Trinajstić information content (AvgIpc) is 3.75. The number of aliphatic hydroxyl groups excluding tert-OH is 1.